The molecule has 41 heavy (non-hydrogen) atoms. The smallest absolute Gasteiger partial charge is 0.230 e. The van der Waals surface area contributed by atoms with Gasteiger partial charge in [0.15, 0.2) is 23.0 Å². The first-order valence-corrected chi connectivity index (χ1v) is 13.0. The van der Waals surface area contributed by atoms with E-state index < -0.39 is 0 Å². The Morgan fingerprint density at radius 3 is 2.32 bits per heavy atom. The van der Waals surface area contributed by atoms with Gasteiger partial charge >= 0.3 is 0 Å². The van der Waals surface area contributed by atoms with Crippen molar-refractivity contribution in [3.05, 3.63) is 102 Å². The Bertz CT molecular complexity index is 1900. The van der Waals surface area contributed by atoms with Crippen molar-refractivity contribution in [3.8, 4) is 46.1 Å². The third-order valence-corrected chi connectivity index (χ3v) is 7.31. The predicted molar refractivity (Wildman–Crippen MR) is 152 cm³/mol. The van der Waals surface area contributed by atoms with Crippen molar-refractivity contribution in [3.63, 3.8) is 0 Å². The second-order valence-electron chi connectivity index (χ2n) is 9.60. The lowest BCUT2D eigenvalue weighted by atomic mass is 9.84. The molecule has 1 aliphatic heterocycles. The largest absolute Gasteiger partial charge is 0.497 e. The number of methoxy groups -OCH3 is 3. The molecule has 3 aromatic carbocycles. The van der Waals surface area contributed by atoms with Crippen molar-refractivity contribution in [2.24, 2.45) is 0 Å². The molecule has 10 nitrogen and oxygen atoms in total. The molecule has 1 atom stereocenters. The van der Waals surface area contributed by atoms with Crippen LogP contribution in [0.5, 0.6) is 29.0 Å². The number of nitrogens with zero attached hydrogens (tertiary/aromatic N) is 6. The van der Waals surface area contributed by atoms with Crippen molar-refractivity contribution in [2.75, 3.05) is 21.3 Å². The van der Waals surface area contributed by atoms with E-state index in [0.717, 1.165) is 39.4 Å². The molecule has 204 valence electrons. The number of benzene rings is 3. The van der Waals surface area contributed by atoms with Gasteiger partial charge in [0.25, 0.3) is 0 Å². The topological polar surface area (TPSA) is 97.8 Å². The number of rotatable bonds is 6. The highest BCUT2D eigenvalue weighted by atomic mass is 16.5. The van der Waals surface area contributed by atoms with Crippen molar-refractivity contribution in [2.45, 2.75) is 12.8 Å². The molecular formula is C31H26N6O4. The molecule has 0 fully saturated rings. The van der Waals surface area contributed by atoms with Crippen LogP contribution in [-0.2, 0) is 0 Å². The number of ether oxygens (including phenoxy) is 4. The van der Waals surface area contributed by atoms with Gasteiger partial charge in [0.2, 0.25) is 11.8 Å². The molecule has 6 aromatic rings. The first kappa shape index (κ1) is 24.6. The lowest BCUT2D eigenvalue weighted by molar-refractivity contribution is 0.354. The van der Waals surface area contributed by atoms with E-state index in [1.807, 2.05) is 84.4 Å². The van der Waals surface area contributed by atoms with Crippen molar-refractivity contribution in [1.82, 2.24) is 29.4 Å². The van der Waals surface area contributed by atoms with E-state index in [0.29, 0.717) is 34.7 Å². The van der Waals surface area contributed by atoms with Crippen LogP contribution in [0, 0.1) is 6.92 Å². The van der Waals surface area contributed by atoms with Crippen LogP contribution in [0.3, 0.4) is 0 Å². The summed E-state index contributed by atoms with van der Waals surface area (Å²) in [5.41, 5.74) is 5.86. The van der Waals surface area contributed by atoms with E-state index in [1.165, 1.54) is 0 Å². The molecule has 0 saturated carbocycles. The van der Waals surface area contributed by atoms with Gasteiger partial charge in [0.05, 0.1) is 49.8 Å². The molecule has 0 amide bonds. The fourth-order valence-electron chi connectivity index (χ4n) is 5.35. The van der Waals surface area contributed by atoms with Crippen LogP contribution in [-0.4, -0.2) is 50.7 Å². The van der Waals surface area contributed by atoms with Gasteiger partial charge in [-0.05, 0) is 61.0 Å². The maximum absolute atomic E-state index is 6.53. The summed E-state index contributed by atoms with van der Waals surface area (Å²) in [4.78, 5) is 9.68. The monoisotopic (exact) mass is 546 g/mol. The molecule has 0 aliphatic carbocycles. The molecule has 0 unspecified atom stereocenters. The van der Waals surface area contributed by atoms with Crippen LogP contribution in [0.4, 0.5) is 0 Å². The van der Waals surface area contributed by atoms with E-state index in [1.54, 1.807) is 32.2 Å². The molecule has 0 saturated heterocycles. The molecular weight excluding hydrogens is 520 g/mol. The highest BCUT2D eigenvalue weighted by Crippen LogP contribution is 2.50. The fraction of sp³-hybridized carbons (Fsp3) is 0.161. The summed E-state index contributed by atoms with van der Waals surface area (Å²) in [7, 11) is 4.89. The summed E-state index contributed by atoms with van der Waals surface area (Å²) >= 11 is 0. The van der Waals surface area contributed by atoms with Crippen molar-refractivity contribution < 1.29 is 18.9 Å². The number of hydrogen-bond donors (Lipinski definition) is 0. The van der Waals surface area contributed by atoms with Gasteiger partial charge in [-0.3, -0.25) is 0 Å². The number of fused-ring (bicyclic) bond motifs is 4. The maximum atomic E-state index is 6.53. The quantitative estimate of drug-likeness (QED) is 0.266. The van der Waals surface area contributed by atoms with Crippen molar-refractivity contribution >= 4 is 5.65 Å². The third-order valence-electron chi connectivity index (χ3n) is 7.31. The second kappa shape index (κ2) is 9.67. The molecule has 0 N–H and O–H groups in total. The van der Waals surface area contributed by atoms with Crippen molar-refractivity contribution in [1.29, 1.82) is 0 Å². The zero-order valence-corrected chi connectivity index (χ0v) is 22.9. The number of hydrogen-bond acceptors (Lipinski definition) is 8. The average Bonchev–Trinajstić information content (AvgIpc) is 3.61. The van der Waals surface area contributed by atoms with Gasteiger partial charge < -0.3 is 18.9 Å². The third kappa shape index (κ3) is 3.95. The summed E-state index contributed by atoms with van der Waals surface area (Å²) in [5, 5.41) is 9.65. The van der Waals surface area contributed by atoms with E-state index in [2.05, 4.69) is 0 Å². The Balaban J connectivity index is 1.47. The van der Waals surface area contributed by atoms with Crippen LogP contribution in [0.15, 0.2) is 79.1 Å². The first-order chi connectivity index (χ1) is 20.1. The highest BCUT2D eigenvalue weighted by Gasteiger charge is 2.38. The maximum Gasteiger partial charge on any atom is 0.230 e. The molecule has 1 aliphatic rings. The van der Waals surface area contributed by atoms with E-state index >= 15 is 0 Å². The molecule has 0 spiro atoms. The molecule has 4 heterocycles. The minimum absolute atomic E-state index is 0.324. The van der Waals surface area contributed by atoms with Gasteiger partial charge in [-0.1, -0.05) is 24.3 Å². The Hall–Kier alpha value is -5.38. The Morgan fingerprint density at radius 2 is 1.59 bits per heavy atom. The van der Waals surface area contributed by atoms with Gasteiger partial charge in [-0.2, -0.15) is 5.10 Å². The van der Waals surface area contributed by atoms with Crippen LogP contribution >= 0.6 is 0 Å². The molecule has 7 rings (SSSR count). The first-order valence-electron chi connectivity index (χ1n) is 13.0. The number of aromatic nitrogens is 6. The molecule has 0 bridgehead atoms. The second-order valence-corrected chi connectivity index (χ2v) is 9.60. The van der Waals surface area contributed by atoms with Crippen LogP contribution in [0.1, 0.15) is 28.3 Å². The molecule has 0 radical (unpaired) electrons. The zero-order valence-electron chi connectivity index (χ0n) is 22.9. The SMILES string of the molecule is COc1ccc(-c2nc3c4c(ncn3n2)Oc2c(c(C)nn2-c2ccccc2)[C@H]4c2ccc(OC)c(OC)c2)cc1. The summed E-state index contributed by atoms with van der Waals surface area (Å²) in [6.07, 6.45) is 1.63. The fourth-order valence-corrected chi connectivity index (χ4v) is 5.35. The van der Waals surface area contributed by atoms with E-state index in [-0.39, 0.29) is 5.92 Å². The van der Waals surface area contributed by atoms with Gasteiger partial charge in [0.1, 0.15) is 12.1 Å². The Morgan fingerprint density at radius 1 is 0.805 bits per heavy atom. The summed E-state index contributed by atoms with van der Waals surface area (Å²) in [5.74, 6) is 3.31. The van der Waals surface area contributed by atoms with E-state index in [4.69, 9.17) is 39.1 Å². The van der Waals surface area contributed by atoms with Gasteiger partial charge in [-0.25, -0.2) is 19.2 Å². The number of aryl methyl sites for hydroxylation is 1. The summed E-state index contributed by atoms with van der Waals surface area (Å²) < 4.78 is 26.6. The minimum Gasteiger partial charge on any atom is -0.497 e. The standard InChI is InChI=1S/C31H26N6O4/c1-18-25-26(20-12-15-23(39-3)24(16-20)40-4)27-29-33-28(19-10-13-22(38-2)14-11-19)35-36(29)17-32-30(27)41-31(25)37(34-18)21-8-6-5-7-9-21/h5-17,26H,1-4H3/t26-/m1/s1. The lowest BCUT2D eigenvalue weighted by Crippen LogP contribution is -2.16. The number of para-hydroxylation sites is 1. The highest BCUT2D eigenvalue weighted by molar-refractivity contribution is 5.69. The normalized spacial score (nSPS) is 13.8. The predicted octanol–water partition coefficient (Wildman–Crippen LogP) is 5.60. The van der Waals surface area contributed by atoms with Gasteiger partial charge in [0, 0.05) is 5.56 Å². The summed E-state index contributed by atoms with van der Waals surface area (Å²) in [6.45, 7) is 1.99. The van der Waals surface area contributed by atoms with Crippen LogP contribution < -0.4 is 18.9 Å². The Labute approximate surface area is 235 Å². The summed E-state index contributed by atoms with van der Waals surface area (Å²) in [6, 6.07) is 23.4. The van der Waals surface area contributed by atoms with Crippen LogP contribution in [0.25, 0.3) is 22.7 Å². The zero-order chi connectivity index (χ0) is 28.1. The minimum atomic E-state index is -0.324. The Kier molecular flexibility index (Phi) is 5.81. The van der Waals surface area contributed by atoms with Crippen LogP contribution in [0.2, 0.25) is 0 Å². The van der Waals surface area contributed by atoms with E-state index in [9.17, 15) is 0 Å². The molecule has 10 heteroatoms. The average molecular weight is 547 g/mol. The molecule has 3 aromatic heterocycles. The lowest BCUT2D eigenvalue weighted by Gasteiger charge is -2.26. The van der Waals surface area contributed by atoms with Gasteiger partial charge in [-0.15, -0.1) is 5.10 Å².